The van der Waals surface area contributed by atoms with Gasteiger partial charge in [0.15, 0.2) is 0 Å². The molecule has 0 bridgehead atoms. The Morgan fingerprint density at radius 1 is 1.20 bits per heavy atom. The Labute approximate surface area is 95.2 Å². The third kappa shape index (κ3) is 1.50. The van der Waals surface area contributed by atoms with Crippen LogP contribution in [-0.2, 0) is 9.59 Å². The smallest absolute Gasteiger partial charge is 0.257 e. The summed E-state index contributed by atoms with van der Waals surface area (Å²) in [6.45, 7) is 1.38. The van der Waals surface area contributed by atoms with Gasteiger partial charge in [-0.3, -0.25) is 19.6 Å². The Morgan fingerprint density at radius 2 is 1.73 bits per heavy atom. The van der Waals surface area contributed by atoms with Crippen LogP contribution in [0, 0.1) is 5.41 Å². The monoisotopic (exact) mass is 233 g/mol. The van der Waals surface area contributed by atoms with Gasteiger partial charge in [0.05, 0.1) is 0 Å². The molecule has 0 radical (unpaired) electrons. The van der Waals surface area contributed by atoms with Crippen molar-refractivity contribution in [2.45, 2.75) is 12.8 Å². The molecular formula is C9H16ClN3O2. The van der Waals surface area contributed by atoms with Gasteiger partial charge in [-0.2, -0.15) is 0 Å². The zero-order chi connectivity index (χ0) is 10.3. The number of carbonyl (C=O) groups excluding carboxylic acids is 2. The number of nitrogens with one attached hydrogen (secondary N) is 1. The first-order chi connectivity index (χ1) is 6.59. The molecule has 2 rings (SSSR count). The fourth-order valence-electron chi connectivity index (χ4n) is 2.25. The molecular weight excluding hydrogens is 218 g/mol. The van der Waals surface area contributed by atoms with E-state index in [1.807, 2.05) is 0 Å². The van der Waals surface area contributed by atoms with Crippen LogP contribution in [0.25, 0.3) is 0 Å². The zero-order valence-electron chi connectivity index (χ0n) is 8.95. The van der Waals surface area contributed by atoms with Gasteiger partial charge in [0.1, 0.15) is 5.41 Å². The second kappa shape index (κ2) is 3.98. The molecule has 86 valence electrons. The minimum Gasteiger partial charge on any atom is -0.315 e. The molecule has 0 unspecified atom stereocenters. The summed E-state index contributed by atoms with van der Waals surface area (Å²) in [6.07, 6.45) is 1.56. The second-order valence-corrected chi connectivity index (χ2v) is 4.02. The van der Waals surface area contributed by atoms with Crippen molar-refractivity contribution in [3.8, 4) is 0 Å². The topological polar surface area (TPSA) is 52.7 Å². The molecule has 15 heavy (non-hydrogen) atoms. The lowest BCUT2D eigenvalue weighted by Gasteiger charge is -2.28. The quantitative estimate of drug-likeness (QED) is 0.581. The normalized spacial score (nSPS) is 24.7. The molecule has 2 aliphatic rings. The number of carbonyl (C=O) groups is 2. The lowest BCUT2D eigenvalue weighted by molar-refractivity contribution is -0.141. The SMILES string of the molecule is CN1C(=O)C2(CCCNC2)C(=O)N1C.Cl. The van der Waals surface area contributed by atoms with Crippen molar-refractivity contribution in [1.82, 2.24) is 15.3 Å². The van der Waals surface area contributed by atoms with E-state index in [1.54, 1.807) is 14.1 Å². The lowest BCUT2D eigenvalue weighted by atomic mass is 9.80. The minimum absolute atomic E-state index is 0. The highest BCUT2D eigenvalue weighted by molar-refractivity contribution is 6.09. The van der Waals surface area contributed by atoms with Gasteiger partial charge in [0.2, 0.25) is 0 Å². The zero-order valence-corrected chi connectivity index (χ0v) is 9.76. The van der Waals surface area contributed by atoms with E-state index in [2.05, 4.69) is 5.32 Å². The van der Waals surface area contributed by atoms with Crippen LogP contribution in [0.3, 0.4) is 0 Å². The van der Waals surface area contributed by atoms with Crippen LogP contribution in [0.5, 0.6) is 0 Å². The molecule has 2 fully saturated rings. The molecule has 2 aliphatic heterocycles. The van der Waals surface area contributed by atoms with Crippen molar-refractivity contribution in [2.75, 3.05) is 27.2 Å². The summed E-state index contributed by atoms with van der Waals surface area (Å²) in [4.78, 5) is 23.9. The first-order valence-electron chi connectivity index (χ1n) is 4.86. The first kappa shape index (κ1) is 12.3. The summed E-state index contributed by atoms with van der Waals surface area (Å²) in [6, 6.07) is 0. The highest BCUT2D eigenvalue weighted by Gasteiger charge is 2.56. The molecule has 5 nitrogen and oxygen atoms in total. The maximum absolute atomic E-state index is 11.9. The summed E-state index contributed by atoms with van der Waals surface area (Å²) < 4.78 is 0. The largest absolute Gasteiger partial charge is 0.315 e. The van der Waals surface area contributed by atoms with Crippen LogP contribution >= 0.6 is 12.4 Å². The van der Waals surface area contributed by atoms with E-state index in [0.717, 1.165) is 13.0 Å². The summed E-state index contributed by atoms with van der Waals surface area (Å²) in [7, 11) is 3.28. The number of hydrogen-bond acceptors (Lipinski definition) is 3. The summed E-state index contributed by atoms with van der Waals surface area (Å²) in [5.74, 6) is -0.144. The third-order valence-electron chi connectivity index (χ3n) is 3.24. The van der Waals surface area contributed by atoms with Gasteiger partial charge in [0.25, 0.3) is 11.8 Å². The van der Waals surface area contributed by atoms with E-state index in [-0.39, 0.29) is 24.2 Å². The molecule has 0 atom stereocenters. The highest BCUT2D eigenvalue weighted by atomic mass is 35.5. The van der Waals surface area contributed by atoms with Gasteiger partial charge >= 0.3 is 0 Å². The molecule has 2 heterocycles. The Balaban J connectivity index is 0.00000112. The van der Waals surface area contributed by atoms with Crippen molar-refractivity contribution in [3.63, 3.8) is 0 Å². The van der Waals surface area contributed by atoms with E-state index in [4.69, 9.17) is 0 Å². The van der Waals surface area contributed by atoms with Gasteiger partial charge in [0, 0.05) is 20.6 Å². The fourth-order valence-corrected chi connectivity index (χ4v) is 2.25. The molecule has 1 N–H and O–H groups in total. The molecule has 6 heteroatoms. The van der Waals surface area contributed by atoms with Crippen molar-refractivity contribution in [3.05, 3.63) is 0 Å². The van der Waals surface area contributed by atoms with Crippen LogP contribution < -0.4 is 5.32 Å². The number of piperidine rings is 1. The average molecular weight is 234 g/mol. The Kier molecular flexibility index (Phi) is 3.25. The third-order valence-corrected chi connectivity index (χ3v) is 3.24. The Morgan fingerprint density at radius 3 is 2.13 bits per heavy atom. The Bertz CT molecular complexity index is 267. The average Bonchev–Trinajstić information content (AvgIpc) is 2.37. The number of halogens is 1. The van der Waals surface area contributed by atoms with Crippen molar-refractivity contribution in [1.29, 1.82) is 0 Å². The van der Waals surface area contributed by atoms with Crippen molar-refractivity contribution < 1.29 is 9.59 Å². The van der Waals surface area contributed by atoms with E-state index >= 15 is 0 Å². The van der Waals surface area contributed by atoms with Gasteiger partial charge in [-0.1, -0.05) is 0 Å². The number of hydrogen-bond donors (Lipinski definition) is 1. The van der Waals surface area contributed by atoms with Crippen LogP contribution in [0.15, 0.2) is 0 Å². The van der Waals surface area contributed by atoms with Crippen LogP contribution in [0.1, 0.15) is 12.8 Å². The molecule has 2 amide bonds. The van der Waals surface area contributed by atoms with Gasteiger partial charge in [-0.15, -0.1) is 12.4 Å². The summed E-state index contributed by atoms with van der Waals surface area (Å²) in [5.41, 5.74) is -0.804. The van der Waals surface area contributed by atoms with E-state index in [9.17, 15) is 9.59 Å². The van der Waals surface area contributed by atoms with E-state index in [1.165, 1.54) is 10.0 Å². The number of amides is 2. The van der Waals surface area contributed by atoms with Crippen molar-refractivity contribution in [2.24, 2.45) is 5.41 Å². The predicted molar refractivity (Wildman–Crippen MR) is 57.3 cm³/mol. The van der Waals surface area contributed by atoms with Crippen LogP contribution in [0.2, 0.25) is 0 Å². The van der Waals surface area contributed by atoms with E-state index < -0.39 is 5.41 Å². The highest BCUT2D eigenvalue weighted by Crippen LogP contribution is 2.35. The van der Waals surface area contributed by atoms with Gasteiger partial charge < -0.3 is 5.32 Å². The minimum atomic E-state index is -0.804. The molecule has 1 spiro atoms. The number of rotatable bonds is 0. The van der Waals surface area contributed by atoms with Crippen molar-refractivity contribution >= 4 is 24.2 Å². The predicted octanol–water partition coefficient (Wildman–Crippen LogP) is -0.377. The first-order valence-corrected chi connectivity index (χ1v) is 4.86. The molecule has 0 aromatic rings. The lowest BCUT2D eigenvalue weighted by Crippen LogP contribution is -2.48. The molecule has 0 saturated carbocycles. The molecule has 2 saturated heterocycles. The maximum atomic E-state index is 11.9. The second-order valence-electron chi connectivity index (χ2n) is 4.02. The van der Waals surface area contributed by atoms with Gasteiger partial charge in [-0.05, 0) is 19.4 Å². The standard InChI is InChI=1S/C9H15N3O2.ClH/c1-11-7(13)9(8(14)12(11)2)4-3-5-10-6-9;/h10H,3-6H2,1-2H3;1H. The summed E-state index contributed by atoms with van der Waals surface area (Å²) >= 11 is 0. The van der Waals surface area contributed by atoms with Crippen LogP contribution in [0.4, 0.5) is 0 Å². The van der Waals surface area contributed by atoms with Gasteiger partial charge in [-0.25, -0.2) is 0 Å². The fraction of sp³-hybridized carbons (Fsp3) is 0.778. The molecule has 0 aromatic heterocycles. The molecule has 0 aromatic carbocycles. The van der Waals surface area contributed by atoms with E-state index in [0.29, 0.717) is 13.0 Å². The van der Waals surface area contributed by atoms with Crippen LogP contribution in [-0.4, -0.2) is 49.0 Å². The Hall–Kier alpha value is -0.810. The summed E-state index contributed by atoms with van der Waals surface area (Å²) in [5, 5.41) is 5.95. The molecule has 0 aliphatic carbocycles. The maximum Gasteiger partial charge on any atom is 0.257 e. The number of hydrazine groups is 1. The number of nitrogens with zero attached hydrogens (tertiary/aromatic N) is 2.